The van der Waals surface area contributed by atoms with Crippen LogP contribution >= 0.6 is 0 Å². The van der Waals surface area contributed by atoms with E-state index in [0.717, 1.165) is 29.7 Å². The number of carbonyl (C=O) groups is 3. The van der Waals surface area contributed by atoms with Gasteiger partial charge in [0.25, 0.3) is 5.91 Å². The summed E-state index contributed by atoms with van der Waals surface area (Å²) in [6.45, 7) is 2.27. The smallest absolute Gasteiger partial charge is 0.325 e. The summed E-state index contributed by atoms with van der Waals surface area (Å²) in [5, 5.41) is 5.65. The summed E-state index contributed by atoms with van der Waals surface area (Å²) in [5.74, 6) is -0.452. The van der Waals surface area contributed by atoms with Crippen molar-refractivity contribution in [1.29, 1.82) is 0 Å². The van der Waals surface area contributed by atoms with E-state index in [0.29, 0.717) is 19.4 Å². The highest BCUT2D eigenvalue weighted by atomic mass is 16.2. The van der Waals surface area contributed by atoms with E-state index in [4.69, 9.17) is 0 Å². The van der Waals surface area contributed by atoms with Gasteiger partial charge in [0.15, 0.2) is 0 Å². The van der Waals surface area contributed by atoms with Gasteiger partial charge in [-0.2, -0.15) is 0 Å². The Balaban J connectivity index is 1.54. The Hall–Kier alpha value is -2.37. The molecule has 1 spiro atoms. The molecule has 2 N–H and O–H groups in total. The molecule has 0 bridgehead atoms. The van der Waals surface area contributed by atoms with Crippen molar-refractivity contribution in [2.45, 2.75) is 44.6 Å². The minimum atomic E-state index is -0.806. The van der Waals surface area contributed by atoms with Crippen molar-refractivity contribution >= 4 is 17.8 Å². The van der Waals surface area contributed by atoms with Gasteiger partial charge >= 0.3 is 6.03 Å². The molecular weight excluding hydrogens is 318 g/mol. The molecule has 134 valence electrons. The standard InChI is InChI=1S/C19H25N3O3/c1-14-7-5-6-11-19(14)17(24)22(18(25)21-19)13-16(23)20-12-10-15-8-3-2-4-9-15/h2-4,8-9,14H,5-7,10-13H2,1H3,(H,20,23)(H,21,25)/t14-,19+/m1/s1. The van der Waals surface area contributed by atoms with Crippen LogP contribution in [0.1, 0.15) is 38.2 Å². The molecule has 1 aromatic carbocycles. The van der Waals surface area contributed by atoms with Crippen molar-refractivity contribution in [3.05, 3.63) is 35.9 Å². The van der Waals surface area contributed by atoms with Crippen LogP contribution in [-0.4, -0.2) is 41.4 Å². The summed E-state index contributed by atoms with van der Waals surface area (Å²) in [6.07, 6.45) is 4.29. The van der Waals surface area contributed by atoms with E-state index in [1.165, 1.54) is 0 Å². The lowest BCUT2D eigenvalue weighted by Gasteiger charge is -2.36. The molecule has 2 atom stereocenters. The molecule has 6 heteroatoms. The lowest BCUT2D eigenvalue weighted by molar-refractivity contribution is -0.137. The molecule has 0 radical (unpaired) electrons. The minimum Gasteiger partial charge on any atom is -0.354 e. The van der Waals surface area contributed by atoms with E-state index < -0.39 is 11.6 Å². The van der Waals surface area contributed by atoms with Crippen LogP contribution < -0.4 is 10.6 Å². The average Bonchev–Trinajstić information content (AvgIpc) is 2.84. The summed E-state index contributed by atoms with van der Waals surface area (Å²) in [7, 11) is 0. The molecule has 1 heterocycles. The second-order valence-electron chi connectivity index (χ2n) is 7.03. The average molecular weight is 343 g/mol. The Morgan fingerprint density at radius 3 is 2.76 bits per heavy atom. The molecule has 2 aliphatic rings. The maximum atomic E-state index is 12.8. The van der Waals surface area contributed by atoms with E-state index in [1.807, 2.05) is 37.3 Å². The maximum Gasteiger partial charge on any atom is 0.325 e. The van der Waals surface area contributed by atoms with E-state index in [2.05, 4.69) is 10.6 Å². The number of amides is 4. The van der Waals surface area contributed by atoms with Crippen LogP contribution in [0.5, 0.6) is 0 Å². The molecule has 1 saturated carbocycles. The second-order valence-corrected chi connectivity index (χ2v) is 7.03. The normalized spacial score (nSPS) is 26.0. The fourth-order valence-electron chi connectivity index (χ4n) is 3.83. The van der Waals surface area contributed by atoms with Crippen LogP contribution in [0.15, 0.2) is 30.3 Å². The van der Waals surface area contributed by atoms with Gasteiger partial charge in [-0.25, -0.2) is 4.79 Å². The van der Waals surface area contributed by atoms with Gasteiger partial charge in [-0.05, 0) is 30.7 Å². The first-order valence-corrected chi connectivity index (χ1v) is 8.97. The van der Waals surface area contributed by atoms with Crippen molar-refractivity contribution in [2.24, 2.45) is 5.92 Å². The lowest BCUT2D eigenvalue weighted by atomic mass is 9.73. The highest BCUT2D eigenvalue weighted by Gasteiger charge is 2.55. The number of benzene rings is 1. The van der Waals surface area contributed by atoms with Gasteiger partial charge in [0.2, 0.25) is 5.91 Å². The van der Waals surface area contributed by atoms with Gasteiger partial charge in [0.1, 0.15) is 12.1 Å². The molecule has 1 aromatic rings. The Kier molecular flexibility index (Phi) is 5.06. The Bertz CT molecular complexity index is 661. The zero-order chi connectivity index (χ0) is 17.9. The molecule has 4 amide bonds. The van der Waals surface area contributed by atoms with E-state index in [-0.39, 0.29) is 24.3 Å². The van der Waals surface area contributed by atoms with Crippen molar-refractivity contribution in [3.63, 3.8) is 0 Å². The van der Waals surface area contributed by atoms with E-state index >= 15 is 0 Å². The fraction of sp³-hybridized carbons (Fsp3) is 0.526. The predicted octanol–water partition coefficient (Wildman–Crippen LogP) is 1.85. The van der Waals surface area contributed by atoms with Gasteiger partial charge in [0.05, 0.1) is 0 Å². The van der Waals surface area contributed by atoms with Crippen molar-refractivity contribution in [3.8, 4) is 0 Å². The first-order chi connectivity index (χ1) is 12.0. The van der Waals surface area contributed by atoms with Gasteiger partial charge < -0.3 is 10.6 Å². The molecule has 25 heavy (non-hydrogen) atoms. The fourth-order valence-corrected chi connectivity index (χ4v) is 3.83. The highest BCUT2D eigenvalue weighted by Crippen LogP contribution is 2.38. The van der Waals surface area contributed by atoms with Crippen LogP contribution in [0.2, 0.25) is 0 Å². The monoisotopic (exact) mass is 343 g/mol. The molecule has 1 aliphatic carbocycles. The van der Waals surface area contributed by atoms with Crippen molar-refractivity contribution in [1.82, 2.24) is 15.5 Å². The second kappa shape index (κ2) is 7.25. The lowest BCUT2D eigenvalue weighted by Crippen LogP contribution is -2.54. The summed E-state index contributed by atoms with van der Waals surface area (Å²) in [5.41, 5.74) is 0.326. The number of nitrogens with one attached hydrogen (secondary N) is 2. The van der Waals surface area contributed by atoms with Crippen LogP contribution in [-0.2, 0) is 16.0 Å². The van der Waals surface area contributed by atoms with Gasteiger partial charge in [-0.1, -0.05) is 50.1 Å². The van der Waals surface area contributed by atoms with Gasteiger partial charge in [-0.15, -0.1) is 0 Å². The maximum absolute atomic E-state index is 12.8. The zero-order valence-electron chi connectivity index (χ0n) is 14.6. The molecule has 6 nitrogen and oxygen atoms in total. The number of urea groups is 1. The molecule has 0 unspecified atom stereocenters. The van der Waals surface area contributed by atoms with Gasteiger partial charge in [0, 0.05) is 6.54 Å². The number of imide groups is 1. The van der Waals surface area contributed by atoms with Crippen LogP contribution in [0, 0.1) is 5.92 Å². The van der Waals surface area contributed by atoms with Crippen LogP contribution in [0.4, 0.5) is 4.79 Å². The molecule has 1 aliphatic heterocycles. The Morgan fingerprint density at radius 2 is 2.04 bits per heavy atom. The van der Waals surface area contributed by atoms with Crippen molar-refractivity contribution in [2.75, 3.05) is 13.1 Å². The summed E-state index contributed by atoms with van der Waals surface area (Å²) in [6, 6.07) is 9.40. The van der Waals surface area contributed by atoms with Crippen molar-refractivity contribution < 1.29 is 14.4 Å². The first kappa shape index (κ1) is 17.5. The van der Waals surface area contributed by atoms with Crippen LogP contribution in [0.25, 0.3) is 0 Å². The Morgan fingerprint density at radius 1 is 1.28 bits per heavy atom. The number of hydrogen-bond donors (Lipinski definition) is 2. The third-order valence-electron chi connectivity index (χ3n) is 5.38. The number of rotatable bonds is 5. The SMILES string of the molecule is C[C@@H]1CCCC[C@]12NC(=O)N(CC(=O)NCCc1ccccc1)C2=O. The summed E-state index contributed by atoms with van der Waals surface area (Å²) < 4.78 is 0. The third-order valence-corrected chi connectivity index (χ3v) is 5.38. The quantitative estimate of drug-likeness (QED) is 0.801. The van der Waals surface area contributed by atoms with E-state index in [1.54, 1.807) is 0 Å². The van der Waals surface area contributed by atoms with E-state index in [9.17, 15) is 14.4 Å². The largest absolute Gasteiger partial charge is 0.354 e. The predicted molar refractivity (Wildman–Crippen MR) is 93.8 cm³/mol. The molecular formula is C19H25N3O3. The minimum absolute atomic E-state index is 0.101. The zero-order valence-corrected chi connectivity index (χ0v) is 14.6. The number of nitrogens with zero attached hydrogens (tertiary/aromatic N) is 1. The summed E-state index contributed by atoms with van der Waals surface area (Å²) in [4.78, 5) is 38.3. The number of hydrogen-bond acceptors (Lipinski definition) is 3. The topological polar surface area (TPSA) is 78.5 Å². The van der Waals surface area contributed by atoms with Crippen LogP contribution in [0.3, 0.4) is 0 Å². The molecule has 3 rings (SSSR count). The first-order valence-electron chi connectivity index (χ1n) is 8.97. The number of carbonyl (C=O) groups excluding carboxylic acids is 3. The third kappa shape index (κ3) is 3.52. The highest BCUT2D eigenvalue weighted by molar-refractivity contribution is 6.09. The summed E-state index contributed by atoms with van der Waals surface area (Å²) >= 11 is 0. The Labute approximate surface area is 148 Å². The van der Waals surface area contributed by atoms with Gasteiger partial charge in [-0.3, -0.25) is 14.5 Å². The molecule has 2 fully saturated rings. The molecule has 1 saturated heterocycles. The molecule has 0 aromatic heterocycles.